The zero-order chi connectivity index (χ0) is 24.1. The maximum absolute atomic E-state index is 13.0. The average molecular weight is 466 g/mol. The molecule has 4 rings (SSSR count). The highest BCUT2D eigenvalue weighted by molar-refractivity contribution is 5.94. The number of carbonyl (C=O) groups is 3. The molecule has 1 saturated heterocycles. The topological polar surface area (TPSA) is 87.5 Å². The molecule has 1 fully saturated rings. The van der Waals surface area contributed by atoms with E-state index < -0.39 is 0 Å². The molecular weight excluding hydrogens is 430 g/mol. The molecule has 1 N–H and O–H groups in total. The summed E-state index contributed by atoms with van der Waals surface area (Å²) in [5.74, 6) is -0.188. The smallest absolute Gasteiger partial charge is 0.274 e. The van der Waals surface area contributed by atoms with E-state index in [4.69, 9.17) is 0 Å². The predicted octanol–water partition coefficient (Wildman–Crippen LogP) is 2.46. The summed E-state index contributed by atoms with van der Waals surface area (Å²) in [5.41, 5.74) is 3.61. The molecule has 1 aromatic heterocycles. The molecule has 2 aromatic rings. The number of amides is 3. The van der Waals surface area contributed by atoms with Gasteiger partial charge in [0.15, 0.2) is 5.69 Å². The van der Waals surface area contributed by atoms with Gasteiger partial charge >= 0.3 is 0 Å². The Kier molecular flexibility index (Phi) is 7.65. The van der Waals surface area contributed by atoms with Crippen LogP contribution in [0.15, 0.2) is 30.3 Å². The Hall–Kier alpha value is -3.16. The van der Waals surface area contributed by atoms with E-state index in [1.165, 1.54) is 5.56 Å². The summed E-state index contributed by atoms with van der Waals surface area (Å²) in [5, 5.41) is 7.51. The molecule has 34 heavy (non-hydrogen) atoms. The third kappa shape index (κ3) is 5.66. The first-order valence-corrected chi connectivity index (χ1v) is 12.4. The highest BCUT2D eigenvalue weighted by Gasteiger charge is 2.32. The Bertz CT molecular complexity index is 1030. The summed E-state index contributed by atoms with van der Waals surface area (Å²) < 4.78 is 1.78. The van der Waals surface area contributed by atoms with Gasteiger partial charge < -0.3 is 15.1 Å². The summed E-state index contributed by atoms with van der Waals surface area (Å²) in [6.07, 6.45) is 4.82. The van der Waals surface area contributed by atoms with Crippen LogP contribution in [0.5, 0.6) is 0 Å². The fourth-order valence-electron chi connectivity index (χ4n) is 4.87. The number of hydrogen-bond donors (Lipinski definition) is 1. The Morgan fingerprint density at radius 1 is 1.03 bits per heavy atom. The van der Waals surface area contributed by atoms with Crippen LogP contribution in [0.3, 0.4) is 0 Å². The first-order valence-electron chi connectivity index (χ1n) is 12.4. The third-order valence-electron chi connectivity index (χ3n) is 6.87. The number of likely N-dealkylation sites (tertiary alicyclic amines) is 1. The van der Waals surface area contributed by atoms with Crippen LogP contribution in [-0.4, -0.2) is 63.0 Å². The van der Waals surface area contributed by atoms with Crippen LogP contribution in [0.2, 0.25) is 0 Å². The van der Waals surface area contributed by atoms with Crippen molar-refractivity contribution < 1.29 is 14.4 Å². The van der Waals surface area contributed by atoms with Crippen LogP contribution in [0, 0.1) is 0 Å². The summed E-state index contributed by atoms with van der Waals surface area (Å²) in [7, 11) is 1.86. The molecule has 0 bridgehead atoms. The number of benzene rings is 1. The molecule has 3 amide bonds. The van der Waals surface area contributed by atoms with Crippen LogP contribution in [0.1, 0.15) is 66.3 Å². The maximum Gasteiger partial charge on any atom is 0.274 e. The minimum Gasteiger partial charge on any atom is -0.354 e. The predicted molar refractivity (Wildman–Crippen MR) is 129 cm³/mol. The molecule has 1 aromatic carbocycles. The van der Waals surface area contributed by atoms with Crippen LogP contribution in [0.25, 0.3) is 0 Å². The summed E-state index contributed by atoms with van der Waals surface area (Å²) in [4.78, 5) is 41.9. The normalized spacial score (nSPS) is 16.3. The second-order valence-electron chi connectivity index (χ2n) is 9.45. The minimum absolute atomic E-state index is 0.0347. The molecule has 0 saturated carbocycles. The lowest BCUT2D eigenvalue weighted by atomic mass is 10.0. The quantitative estimate of drug-likeness (QED) is 0.649. The molecule has 0 radical (unpaired) electrons. The van der Waals surface area contributed by atoms with Crippen molar-refractivity contribution in [2.24, 2.45) is 7.05 Å². The fraction of sp³-hybridized carbons (Fsp3) is 0.538. The molecule has 182 valence electrons. The molecule has 0 spiro atoms. The Labute approximate surface area is 201 Å². The van der Waals surface area contributed by atoms with E-state index in [0.29, 0.717) is 25.2 Å². The van der Waals surface area contributed by atoms with E-state index in [9.17, 15) is 14.4 Å². The Morgan fingerprint density at radius 3 is 2.50 bits per heavy atom. The van der Waals surface area contributed by atoms with E-state index in [0.717, 1.165) is 50.0 Å². The van der Waals surface area contributed by atoms with Gasteiger partial charge in [-0.3, -0.25) is 19.1 Å². The van der Waals surface area contributed by atoms with Gasteiger partial charge in [-0.05, 0) is 38.2 Å². The van der Waals surface area contributed by atoms with Crippen molar-refractivity contribution in [2.45, 2.75) is 64.5 Å². The summed E-state index contributed by atoms with van der Waals surface area (Å²) in [6, 6.07) is 10.3. The van der Waals surface area contributed by atoms with E-state index in [1.54, 1.807) is 9.58 Å². The van der Waals surface area contributed by atoms with Gasteiger partial charge in [0.2, 0.25) is 11.8 Å². The lowest BCUT2D eigenvalue weighted by molar-refractivity contribution is -0.134. The zero-order valence-corrected chi connectivity index (χ0v) is 20.3. The van der Waals surface area contributed by atoms with Crippen LogP contribution >= 0.6 is 0 Å². The SMILES string of the molecule is C[C@@H](CCc1ccccc1)NC(=O)CCC(=O)N1CCc2c(c(C(=O)N3CCCC3)nn2C)C1. The van der Waals surface area contributed by atoms with Crippen LogP contribution in [0.4, 0.5) is 0 Å². The lowest BCUT2D eigenvalue weighted by Crippen LogP contribution is -2.38. The van der Waals surface area contributed by atoms with Gasteiger partial charge in [-0.1, -0.05) is 30.3 Å². The van der Waals surface area contributed by atoms with Crippen LogP contribution < -0.4 is 5.32 Å². The highest BCUT2D eigenvalue weighted by Crippen LogP contribution is 2.25. The molecule has 2 aliphatic rings. The van der Waals surface area contributed by atoms with E-state index in [2.05, 4.69) is 22.5 Å². The van der Waals surface area contributed by atoms with Gasteiger partial charge in [0, 0.05) is 69.8 Å². The van der Waals surface area contributed by atoms with Gasteiger partial charge in [0.25, 0.3) is 5.91 Å². The largest absolute Gasteiger partial charge is 0.354 e. The summed E-state index contributed by atoms with van der Waals surface area (Å²) in [6.45, 7) is 4.50. The highest BCUT2D eigenvalue weighted by atomic mass is 16.2. The number of hydrogen-bond acceptors (Lipinski definition) is 4. The van der Waals surface area contributed by atoms with Gasteiger partial charge in [-0.25, -0.2) is 0 Å². The van der Waals surface area contributed by atoms with E-state index >= 15 is 0 Å². The Balaban J connectivity index is 1.27. The van der Waals surface area contributed by atoms with Crippen LogP contribution in [-0.2, 0) is 36.0 Å². The lowest BCUT2D eigenvalue weighted by Gasteiger charge is -2.28. The molecule has 2 aliphatic heterocycles. The standard InChI is InChI=1S/C26H35N5O3/c1-19(10-11-20-8-4-3-5-9-20)27-23(32)12-13-24(33)31-17-14-22-21(18-31)25(28-29(22)2)26(34)30-15-6-7-16-30/h3-5,8-9,19H,6-7,10-18H2,1-2H3,(H,27,32)/t19-/m0/s1. The summed E-state index contributed by atoms with van der Waals surface area (Å²) >= 11 is 0. The Morgan fingerprint density at radius 2 is 1.76 bits per heavy atom. The van der Waals surface area contributed by atoms with Crippen molar-refractivity contribution in [2.75, 3.05) is 19.6 Å². The van der Waals surface area contributed by atoms with Crippen molar-refractivity contribution in [3.63, 3.8) is 0 Å². The number of nitrogens with zero attached hydrogens (tertiary/aromatic N) is 4. The van der Waals surface area contributed by atoms with Crippen molar-refractivity contribution in [3.8, 4) is 0 Å². The van der Waals surface area contributed by atoms with Gasteiger partial charge in [-0.2, -0.15) is 5.10 Å². The number of fused-ring (bicyclic) bond motifs is 1. The molecule has 0 aliphatic carbocycles. The number of rotatable bonds is 8. The molecular formula is C26H35N5O3. The van der Waals surface area contributed by atoms with Crippen molar-refractivity contribution in [1.82, 2.24) is 24.9 Å². The van der Waals surface area contributed by atoms with E-state index in [1.807, 2.05) is 37.1 Å². The number of nitrogens with one attached hydrogen (secondary N) is 1. The zero-order valence-electron chi connectivity index (χ0n) is 20.3. The van der Waals surface area contributed by atoms with Gasteiger partial charge in [-0.15, -0.1) is 0 Å². The second-order valence-corrected chi connectivity index (χ2v) is 9.45. The number of carbonyl (C=O) groups excluding carboxylic acids is 3. The molecule has 8 nitrogen and oxygen atoms in total. The minimum atomic E-state index is -0.0992. The van der Waals surface area contributed by atoms with E-state index in [-0.39, 0.29) is 36.6 Å². The first-order chi connectivity index (χ1) is 16.4. The maximum atomic E-state index is 13.0. The van der Waals surface area contributed by atoms with Gasteiger partial charge in [0.05, 0.1) is 0 Å². The number of aryl methyl sites for hydroxylation is 2. The van der Waals surface area contributed by atoms with Crippen molar-refractivity contribution in [3.05, 3.63) is 52.8 Å². The van der Waals surface area contributed by atoms with Crippen molar-refractivity contribution in [1.29, 1.82) is 0 Å². The number of aromatic nitrogens is 2. The second kappa shape index (κ2) is 10.8. The molecule has 8 heteroatoms. The van der Waals surface area contributed by atoms with Gasteiger partial charge in [0.1, 0.15) is 0 Å². The van der Waals surface area contributed by atoms with Crippen molar-refractivity contribution >= 4 is 17.7 Å². The molecule has 0 unspecified atom stereocenters. The third-order valence-corrected chi connectivity index (χ3v) is 6.87. The average Bonchev–Trinajstić information content (AvgIpc) is 3.50. The molecule has 1 atom stereocenters. The molecule has 3 heterocycles. The first kappa shape index (κ1) is 24.0. The monoisotopic (exact) mass is 465 g/mol. The fourth-order valence-corrected chi connectivity index (χ4v) is 4.87.